The van der Waals surface area contributed by atoms with Crippen molar-refractivity contribution in [1.82, 2.24) is 5.32 Å². The summed E-state index contributed by atoms with van der Waals surface area (Å²) in [4.78, 5) is 0. The van der Waals surface area contributed by atoms with Crippen molar-refractivity contribution in [2.45, 2.75) is 46.6 Å². The normalized spacial score (nSPS) is 23.1. The first-order valence-electron chi connectivity index (χ1n) is 6.61. The Labute approximate surface area is 100 Å². The third-order valence-corrected chi connectivity index (χ3v) is 3.10. The summed E-state index contributed by atoms with van der Waals surface area (Å²) >= 11 is 0. The molecule has 1 fully saturated rings. The van der Waals surface area contributed by atoms with E-state index in [2.05, 4.69) is 39.1 Å². The summed E-state index contributed by atoms with van der Waals surface area (Å²) in [6.07, 6.45) is 4.95. The van der Waals surface area contributed by atoms with Crippen molar-refractivity contribution in [1.29, 1.82) is 0 Å². The van der Waals surface area contributed by atoms with Gasteiger partial charge in [0.05, 0.1) is 6.61 Å². The Hall–Kier alpha value is -0.340. The van der Waals surface area contributed by atoms with E-state index >= 15 is 0 Å². The molecule has 1 aliphatic heterocycles. The SMILES string of the molecule is CC(C)NCC(=CC1CCCOC1)C(C)C. The van der Waals surface area contributed by atoms with E-state index in [1.165, 1.54) is 18.4 Å². The standard InChI is InChI=1S/C14H27NO/c1-11(2)14(9-15-12(3)4)8-13-6-5-7-16-10-13/h8,11-13,15H,5-7,9-10H2,1-4H3. The predicted octanol–water partition coefficient (Wildman–Crippen LogP) is 2.99. The van der Waals surface area contributed by atoms with E-state index in [9.17, 15) is 0 Å². The van der Waals surface area contributed by atoms with E-state index in [1.54, 1.807) is 0 Å². The number of ether oxygens (including phenoxy) is 1. The van der Waals surface area contributed by atoms with Crippen LogP contribution in [0.5, 0.6) is 0 Å². The average Bonchev–Trinajstić information content (AvgIpc) is 2.25. The van der Waals surface area contributed by atoms with E-state index in [0.717, 1.165) is 19.8 Å². The molecular formula is C14H27NO. The summed E-state index contributed by atoms with van der Waals surface area (Å²) in [6.45, 7) is 11.8. The van der Waals surface area contributed by atoms with Gasteiger partial charge < -0.3 is 10.1 Å². The molecule has 0 aromatic rings. The second-order valence-corrected chi connectivity index (χ2v) is 5.41. The lowest BCUT2D eigenvalue weighted by molar-refractivity contribution is 0.0706. The molecule has 1 atom stereocenters. The molecule has 2 nitrogen and oxygen atoms in total. The average molecular weight is 225 g/mol. The van der Waals surface area contributed by atoms with Crippen molar-refractivity contribution < 1.29 is 4.74 Å². The second-order valence-electron chi connectivity index (χ2n) is 5.41. The highest BCUT2D eigenvalue weighted by atomic mass is 16.5. The Morgan fingerprint density at radius 2 is 2.12 bits per heavy atom. The van der Waals surface area contributed by atoms with Crippen LogP contribution in [0.3, 0.4) is 0 Å². The number of rotatable bonds is 5. The highest BCUT2D eigenvalue weighted by Gasteiger charge is 2.13. The number of hydrogen-bond donors (Lipinski definition) is 1. The van der Waals surface area contributed by atoms with E-state index in [4.69, 9.17) is 4.74 Å². The first-order chi connectivity index (χ1) is 7.59. The molecule has 1 N–H and O–H groups in total. The van der Waals surface area contributed by atoms with Gasteiger partial charge in [-0.25, -0.2) is 0 Å². The van der Waals surface area contributed by atoms with Crippen LogP contribution in [0.4, 0.5) is 0 Å². The Bertz CT molecular complexity index is 215. The first-order valence-corrected chi connectivity index (χ1v) is 6.61. The predicted molar refractivity (Wildman–Crippen MR) is 69.6 cm³/mol. The van der Waals surface area contributed by atoms with Gasteiger partial charge in [0.15, 0.2) is 0 Å². The van der Waals surface area contributed by atoms with Gasteiger partial charge in [-0.3, -0.25) is 0 Å². The van der Waals surface area contributed by atoms with Crippen LogP contribution >= 0.6 is 0 Å². The highest BCUT2D eigenvalue weighted by molar-refractivity contribution is 5.09. The van der Waals surface area contributed by atoms with Gasteiger partial charge >= 0.3 is 0 Å². The fourth-order valence-electron chi connectivity index (χ4n) is 1.98. The molecule has 0 saturated carbocycles. The van der Waals surface area contributed by atoms with Gasteiger partial charge in [-0.15, -0.1) is 0 Å². The summed E-state index contributed by atoms with van der Waals surface area (Å²) in [5.41, 5.74) is 1.53. The zero-order valence-electron chi connectivity index (χ0n) is 11.3. The van der Waals surface area contributed by atoms with Crippen LogP contribution < -0.4 is 5.32 Å². The van der Waals surface area contributed by atoms with Gasteiger partial charge in [0, 0.05) is 25.1 Å². The van der Waals surface area contributed by atoms with Gasteiger partial charge in [-0.2, -0.15) is 0 Å². The molecule has 1 aliphatic rings. The summed E-state index contributed by atoms with van der Waals surface area (Å²) in [5.74, 6) is 1.27. The summed E-state index contributed by atoms with van der Waals surface area (Å²) in [5, 5.41) is 3.51. The Balaban J connectivity index is 2.49. The van der Waals surface area contributed by atoms with Crippen LogP contribution in [-0.2, 0) is 4.74 Å². The minimum atomic E-state index is 0.560. The van der Waals surface area contributed by atoms with Crippen molar-refractivity contribution in [3.05, 3.63) is 11.6 Å². The quantitative estimate of drug-likeness (QED) is 0.726. The lowest BCUT2D eigenvalue weighted by atomic mass is 9.94. The lowest BCUT2D eigenvalue weighted by Gasteiger charge is -2.22. The molecule has 1 saturated heterocycles. The molecule has 0 aliphatic carbocycles. The van der Waals surface area contributed by atoms with Crippen LogP contribution in [0, 0.1) is 11.8 Å². The molecule has 0 bridgehead atoms. The van der Waals surface area contributed by atoms with Crippen LogP contribution in [0.1, 0.15) is 40.5 Å². The summed E-state index contributed by atoms with van der Waals surface area (Å²) < 4.78 is 5.52. The molecule has 2 heteroatoms. The van der Waals surface area contributed by atoms with E-state index in [1.807, 2.05) is 0 Å². The van der Waals surface area contributed by atoms with Crippen LogP contribution in [0.25, 0.3) is 0 Å². The van der Waals surface area contributed by atoms with Crippen molar-refractivity contribution in [2.75, 3.05) is 19.8 Å². The molecule has 0 aromatic carbocycles. The molecular weight excluding hydrogens is 198 g/mol. The topological polar surface area (TPSA) is 21.3 Å². The lowest BCUT2D eigenvalue weighted by Crippen LogP contribution is -2.27. The molecule has 0 amide bonds. The minimum absolute atomic E-state index is 0.560. The minimum Gasteiger partial charge on any atom is -0.381 e. The third kappa shape index (κ3) is 5.13. The highest BCUT2D eigenvalue weighted by Crippen LogP contribution is 2.19. The fourth-order valence-corrected chi connectivity index (χ4v) is 1.98. The molecule has 0 aromatic heterocycles. The molecule has 16 heavy (non-hydrogen) atoms. The van der Waals surface area contributed by atoms with Gasteiger partial charge in [-0.05, 0) is 18.8 Å². The van der Waals surface area contributed by atoms with Crippen molar-refractivity contribution >= 4 is 0 Å². The fraction of sp³-hybridized carbons (Fsp3) is 0.857. The van der Waals surface area contributed by atoms with E-state index < -0.39 is 0 Å². The smallest absolute Gasteiger partial charge is 0.0528 e. The molecule has 94 valence electrons. The zero-order chi connectivity index (χ0) is 12.0. The van der Waals surface area contributed by atoms with Gasteiger partial charge in [-0.1, -0.05) is 39.3 Å². The van der Waals surface area contributed by atoms with Crippen molar-refractivity contribution in [2.24, 2.45) is 11.8 Å². The summed E-state index contributed by atoms with van der Waals surface area (Å²) in [7, 11) is 0. The maximum Gasteiger partial charge on any atom is 0.0528 e. The summed E-state index contributed by atoms with van der Waals surface area (Å²) in [6, 6.07) is 0.560. The van der Waals surface area contributed by atoms with Gasteiger partial charge in [0.25, 0.3) is 0 Å². The second kappa shape index (κ2) is 7.08. The molecule has 0 spiro atoms. The molecule has 1 heterocycles. The zero-order valence-corrected chi connectivity index (χ0v) is 11.3. The Kier molecular flexibility index (Phi) is 6.07. The maximum absolute atomic E-state index is 5.52. The maximum atomic E-state index is 5.52. The van der Waals surface area contributed by atoms with Gasteiger partial charge in [0.2, 0.25) is 0 Å². The van der Waals surface area contributed by atoms with E-state index in [0.29, 0.717) is 17.9 Å². The molecule has 0 radical (unpaired) electrons. The molecule has 1 unspecified atom stereocenters. The number of nitrogens with one attached hydrogen (secondary N) is 1. The third-order valence-electron chi connectivity index (χ3n) is 3.10. The van der Waals surface area contributed by atoms with Crippen molar-refractivity contribution in [3.8, 4) is 0 Å². The van der Waals surface area contributed by atoms with Gasteiger partial charge in [0.1, 0.15) is 0 Å². The van der Waals surface area contributed by atoms with Crippen LogP contribution in [-0.4, -0.2) is 25.8 Å². The van der Waals surface area contributed by atoms with Crippen LogP contribution in [0.15, 0.2) is 11.6 Å². The number of hydrogen-bond acceptors (Lipinski definition) is 2. The molecule has 1 rings (SSSR count). The Morgan fingerprint density at radius 1 is 1.38 bits per heavy atom. The monoisotopic (exact) mass is 225 g/mol. The first kappa shape index (κ1) is 13.7. The van der Waals surface area contributed by atoms with Crippen LogP contribution in [0.2, 0.25) is 0 Å². The Morgan fingerprint density at radius 3 is 2.62 bits per heavy atom. The van der Waals surface area contributed by atoms with E-state index in [-0.39, 0.29) is 0 Å². The largest absolute Gasteiger partial charge is 0.381 e. The van der Waals surface area contributed by atoms with Crippen molar-refractivity contribution in [3.63, 3.8) is 0 Å².